The molecule has 0 aliphatic carbocycles. The fourth-order valence-electron chi connectivity index (χ4n) is 3.52. The predicted molar refractivity (Wildman–Crippen MR) is 126 cm³/mol. The third-order valence-electron chi connectivity index (χ3n) is 5.40. The van der Waals surface area contributed by atoms with Crippen LogP contribution in [0.5, 0.6) is 17.2 Å². The number of amidine groups is 1. The van der Waals surface area contributed by atoms with E-state index in [0.29, 0.717) is 15.6 Å². The number of benzene rings is 2. The maximum Gasteiger partial charge on any atom is 0.420 e. The molecule has 1 fully saturated rings. The molecule has 0 saturated carbocycles. The number of anilines is 1. The van der Waals surface area contributed by atoms with Crippen LogP contribution in [0.3, 0.4) is 0 Å². The van der Waals surface area contributed by atoms with Gasteiger partial charge in [-0.3, -0.25) is 4.79 Å². The molecule has 7 nitrogen and oxygen atoms in total. The number of carbonyl (C=O) groups is 1. The van der Waals surface area contributed by atoms with Crippen LogP contribution in [0.2, 0.25) is 0 Å². The standard InChI is InChI=1S/C23H23F3N4O3S/c1-29-7-9-30(10-8-29)22-28-21(31)20(34-22)12-14-3-5-18(19(11-14)32-2)33-17-6-4-15(27)13-16(17)23(24,25)26/h3-6,11-13H,7-10,27H2,1-2H3/b20-12-. The van der Waals surface area contributed by atoms with Crippen LogP contribution in [-0.4, -0.2) is 61.2 Å². The van der Waals surface area contributed by atoms with E-state index >= 15 is 0 Å². The minimum Gasteiger partial charge on any atom is -0.493 e. The number of nitrogens with zero attached hydrogens (tertiary/aromatic N) is 3. The summed E-state index contributed by atoms with van der Waals surface area (Å²) in [5, 5.41) is 0.680. The number of thioether (sulfide) groups is 1. The Morgan fingerprint density at radius 2 is 1.76 bits per heavy atom. The second-order valence-electron chi connectivity index (χ2n) is 7.87. The number of ether oxygens (including phenoxy) is 2. The topological polar surface area (TPSA) is 80.4 Å². The number of carbonyl (C=O) groups excluding carboxylic acids is 1. The van der Waals surface area contributed by atoms with E-state index in [1.807, 2.05) is 0 Å². The van der Waals surface area contributed by atoms with E-state index in [-0.39, 0.29) is 23.1 Å². The van der Waals surface area contributed by atoms with Gasteiger partial charge < -0.3 is 25.0 Å². The predicted octanol–water partition coefficient (Wildman–Crippen LogP) is 4.31. The van der Waals surface area contributed by atoms with Crippen LogP contribution in [0, 0.1) is 0 Å². The van der Waals surface area contributed by atoms with Crippen LogP contribution in [0.4, 0.5) is 18.9 Å². The summed E-state index contributed by atoms with van der Waals surface area (Å²) in [6.07, 6.45) is -2.96. The highest BCUT2D eigenvalue weighted by molar-refractivity contribution is 8.18. The molecule has 2 heterocycles. The summed E-state index contributed by atoms with van der Waals surface area (Å²) < 4.78 is 51.1. The summed E-state index contributed by atoms with van der Waals surface area (Å²) in [5.74, 6) is -0.401. The summed E-state index contributed by atoms with van der Waals surface area (Å²) >= 11 is 1.31. The van der Waals surface area contributed by atoms with E-state index in [2.05, 4.69) is 21.8 Å². The molecule has 180 valence electrons. The number of likely N-dealkylation sites (N-methyl/N-ethyl adjacent to an activating group) is 1. The molecule has 2 aromatic rings. The lowest BCUT2D eigenvalue weighted by Gasteiger charge is -2.32. The first-order valence-electron chi connectivity index (χ1n) is 10.4. The summed E-state index contributed by atoms with van der Waals surface area (Å²) in [6, 6.07) is 8.04. The lowest BCUT2D eigenvalue weighted by molar-refractivity contribution is -0.138. The number of nitrogens with two attached hydrogens (primary N) is 1. The third-order valence-corrected chi connectivity index (χ3v) is 6.44. The molecule has 1 amide bonds. The Labute approximate surface area is 199 Å². The third kappa shape index (κ3) is 5.31. The van der Waals surface area contributed by atoms with Gasteiger partial charge in [0.1, 0.15) is 11.3 Å². The average molecular weight is 493 g/mol. The van der Waals surface area contributed by atoms with Crippen LogP contribution in [0.25, 0.3) is 6.08 Å². The van der Waals surface area contributed by atoms with Crippen LogP contribution < -0.4 is 15.2 Å². The molecule has 2 aromatic carbocycles. The molecular formula is C23H23F3N4O3S. The molecule has 11 heteroatoms. The molecule has 2 aliphatic heterocycles. The van der Waals surface area contributed by atoms with Crippen LogP contribution in [-0.2, 0) is 11.0 Å². The second kappa shape index (κ2) is 9.59. The van der Waals surface area contributed by atoms with Gasteiger partial charge in [0.05, 0.1) is 12.0 Å². The van der Waals surface area contributed by atoms with Gasteiger partial charge >= 0.3 is 6.18 Å². The Bertz CT molecular complexity index is 1160. The van der Waals surface area contributed by atoms with Crippen molar-refractivity contribution in [2.24, 2.45) is 4.99 Å². The molecule has 2 aliphatic rings. The van der Waals surface area contributed by atoms with Gasteiger partial charge in [-0.1, -0.05) is 6.07 Å². The highest BCUT2D eigenvalue weighted by Gasteiger charge is 2.35. The van der Waals surface area contributed by atoms with E-state index in [1.54, 1.807) is 18.2 Å². The number of nitrogen functional groups attached to an aromatic ring is 1. The maximum atomic E-state index is 13.4. The van der Waals surface area contributed by atoms with Crippen molar-refractivity contribution in [2.45, 2.75) is 6.18 Å². The second-order valence-corrected chi connectivity index (χ2v) is 8.88. The Morgan fingerprint density at radius 1 is 1.06 bits per heavy atom. The zero-order valence-electron chi connectivity index (χ0n) is 18.6. The van der Waals surface area contributed by atoms with Crippen LogP contribution >= 0.6 is 11.8 Å². The summed E-state index contributed by atoms with van der Waals surface area (Å²) in [7, 11) is 3.44. The van der Waals surface area contributed by atoms with Crippen molar-refractivity contribution in [3.8, 4) is 17.2 Å². The molecule has 4 rings (SSSR count). The molecule has 0 spiro atoms. The number of rotatable bonds is 4. The van der Waals surface area contributed by atoms with Crippen molar-refractivity contribution in [3.05, 3.63) is 52.4 Å². The highest BCUT2D eigenvalue weighted by atomic mass is 32.2. The van der Waals surface area contributed by atoms with E-state index in [0.717, 1.165) is 32.2 Å². The van der Waals surface area contributed by atoms with Crippen molar-refractivity contribution >= 4 is 34.6 Å². The number of amides is 1. The lowest BCUT2D eigenvalue weighted by Crippen LogP contribution is -2.46. The number of piperazine rings is 1. The fourth-order valence-corrected chi connectivity index (χ4v) is 4.48. The van der Waals surface area contributed by atoms with Crippen molar-refractivity contribution in [1.82, 2.24) is 9.80 Å². The average Bonchev–Trinajstić information content (AvgIpc) is 3.15. The normalized spacial score (nSPS) is 18.4. The first kappa shape index (κ1) is 24.0. The highest BCUT2D eigenvalue weighted by Crippen LogP contribution is 2.41. The molecule has 34 heavy (non-hydrogen) atoms. The van der Waals surface area contributed by atoms with Gasteiger partial charge in [-0.25, -0.2) is 0 Å². The first-order valence-corrected chi connectivity index (χ1v) is 11.2. The molecule has 0 atom stereocenters. The summed E-state index contributed by atoms with van der Waals surface area (Å²) in [5.41, 5.74) is 5.14. The van der Waals surface area contributed by atoms with E-state index in [9.17, 15) is 18.0 Å². The monoisotopic (exact) mass is 492 g/mol. The van der Waals surface area contributed by atoms with Crippen LogP contribution in [0.1, 0.15) is 11.1 Å². The SMILES string of the molecule is COc1cc(/C=C2\SC(N3CCN(C)CC3)=NC2=O)ccc1Oc1ccc(N)cc1C(F)(F)F. The molecular weight excluding hydrogens is 469 g/mol. The number of hydrogen-bond acceptors (Lipinski definition) is 7. The van der Waals surface area contributed by atoms with Gasteiger partial charge in [-0.05, 0) is 60.8 Å². The zero-order chi connectivity index (χ0) is 24.5. The van der Waals surface area contributed by atoms with E-state index < -0.39 is 17.5 Å². The smallest absolute Gasteiger partial charge is 0.420 e. The maximum absolute atomic E-state index is 13.4. The minimum atomic E-state index is -4.64. The largest absolute Gasteiger partial charge is 0.493 e. The molecule has 0 radical (unpaired) electrons. The van der Waals surface area contributed by atoms with Crippen molar-refractivity contribution in [3.63, 3.8) is 0 Å². The number of hydrogen-bond donors (Lipinski definition) is 1. The molecule has 0 unspecified atom stereocenters. The van der Waals surface area contributed by atoms with Crippen LogP contribution in [0.15, 0.2) is 46.3 Å². The Kier molecular flexibility index (Phi) is 6.76. The quantitative estimate of drug-likeness (QED) is 0.503. The molecule has 2 N–H and O–H groups in total. The van der Waals surface area contributed by atoms with Gasteiger partial charge in [0.2, 0.25) is 0 Å². The Morgan fingerprint density at radius 3 is 2.44 bits per heavy atom. The lowest BCUT2D eigenvalue weighted by atomic mass is 10.1. The van der Waals surface area contributed by atoms with Gasteiger partial charge in [-0.2, -0.15) is 18.2 Å². The van der Waals surface area contributed by atoms with Gasteiger partial charge in [0.15, 0.2) is 16.7 Å². The summed E-state index contributed by atoms with van der Waals surface area (Å²) in [4.78, 5) is 21.4. The number of aliphatic imine (C=N–C) groups is 1. The minimum absolute atomic E-state index is 0.0227. The summed E-state index contributed by atoms with van der Waals surface area (Å²) in [6.45, 7) is 3.40. The van der Waals surface area contributed by atoms with Gasteiger partial charge in [0, 0.05) is 31.9 Å². The zero-order valence-corrected chi connectivity index (χ0v) is 19.4. The molecule has 1 saturated heterocycles. The first-order chi connectivity index (χ1) is 16.1. The van der Waals surface area contributed by atoms with E-state index in [4.69, 9.17) is 15.2 Å². The molecule has 0 aromatic heterocycles. The number of methoxy groups -OCH3 is 1. The fraction of sp³-hybridized carbons (Fsp3) is 0.304. The van der Waals surface area contributed by atoms with Crippen molar-refractivity contribution in [1.29, 1.82) is 0 Å². The van der Waals surface area contributed by atoms with Gasteiger partial charge in [0.25, 0.3) is 5.91 Å². The molecule has 0 bridgehead atoms. The van der Waals surface area contributed by atoms with Gasteiger partial charge in [-0.15, -0.1) is 0 Å². The Hall–Kier alpha value is -3.18. The van der Waals surface area contributed by atoms with E-state index in [1.165, 1.54) is 37.1 Å². The number of halogens is 3. The van der Waals surface area contributed by atoms with Crippen molar-refractivity contribution < 1.29 is 27.4 Å². The number of alkyl halides is 3. The Balaban J connectivity index is 1.54. The van der Waals surface area contributed by atoms with Crippen molar-refractivity contribution in [2.75, 3.05) is 46.1 Å².